The molecule has 0 spiro atoms. The third-order valence-corrected chi connectivity index (χ3v) is 4.17. The lowest BCUT2D eigenvalue weighted by atomic mass is 9.87. The maximum Gasteiger partial charge on any atom is 0.262 e. The molecule has 1 aliphatic rings. The van der Waals surface area contributed by atoms with Gasteiger partial charge in [-0.3, -0.25) is 9.59 Å². The molecule has 1 unspecified atom stereocenters. The molecule has 2 aromatic rings. The van der Waals surface area contributed by atoms with Gasteiger partial charge in [0.15, 0.2) is 12.5 Å². The van der Waals surface area contributed by atoms with Crippen molar-refractivity contribution in [1.82, 2.24) is 4.90 Å². The van der Waals surface area contributed by atoms with Crippen LogP contribution in [0.2, 0.25) is 0 Å². The third-order valence-electron chi connectivity index (χ3n) is 4.17. The number of carbonyl (C=O) groups excluding carboxylic acids is 2. The normalized spacial score (nSPS) is 20.9. The molecule has 2 aromatic carbocycles. The Morgan fingerprint density at radius 1 is 1.08 bits per heavy atom. The Labute approximate surface area is 147 Å². The zero-order valence-corrected chi connectivity index (χ0v) is 14.3. The number of ether oxygens (including phenoxy) is 2. The summed E-state index contributed by atoms with van der Waals surface area (Å²) in [6.07, 6.45) is -1.19. The fourth-order valence-electron chi connectivity index (χ4n) is 2.98. The first-order chi connectivity index (χ1) is 12.1. The summed E-state index contributed by atoms with van der Waals surface area (Å²) in [6, 6.07) is 18.1. The number of carbonyl (C=O) groups is 2. The predicted octanol–water partition coefficient (Wildman–Crippen LogP) is 3.18. The number of nitrogens with zero attached hydrogens (tertiary/aromatic N) is 1. The van der Waals surface area contributed by atoms with E-state index in [1.54, 1.807) is 31.2 Å². The highest BCUT2D eigenvalue weighted by Crippen LogP contribution is 2.38. The minimum absolute atomic E-state index is 0.256. The second-order valence-electron chi connectivity index (χ2n) is 5.82. The summed E-state index contributed by atoms with van der Waals surface area (Å²) in [5.41, 5.74) is 1.29. The van der Waals surface area contributed by atoms with Gasteiger partial charge in [0.2, 0.25) is 5.91 Å². The van der Waals surface area contributed by atoms with E-state index in [4.69, 9.17) is 9.47 Å². The van der Waals surface area contributed by atoms with Crippen LogP contribution in [0.3, 0.4) is 0 Å². The monoisotopic (exact) mass is 339 g/mol. The fourth-order valence-corrected chi connectivity index (χ4v) is 2.98. The van der Waals surface area contributed by atoms with Crippen molar-refractivity contribution in [3.63, 3.8) is 0 Å². The second kappa shape index (κ2) is 7.59. The Bertz CT molecular complexity index is 732. The molecule has 3 atom stereocenters. The molecule has 0 aromatic heterocycles. The Kier molecular flexibility index (Phi) is 5.26. The molecular formula is C20H21NO4. The van der Waals surface area contributed by atoms with Crippen molar-refractivity contribution in [1.29, 1.82) is 0 Å². The van der Waals surface area contributed by atoms with Gasteiger partial charge in [0.1, 0.15) is 5.92 Å². The van der Waals surface area contributed by atoms with Crippen molar-refractivity contribution in [2.24, 2.45) is 0 Å². The van der Waals surface area contributed by atoms with E-state index in [0.29, 0.717) is 12.2 Å². The molecule has 25 heavy (non-hydrogen) atoms. The summed E-state index contributed by atoms with van der Waals surface area (Å²) < 4.78 is 11.3. The molecule has 1 heterocycles. The van der Waals surface area contributed by atoms with Crippen LogP contribution in [0, 0.1) is 0 Å². The molecular weight excluding hydrogens is 318 g/mol. The zero-order valence-electron chi connectivity index (χ0n) is 14.3. The lowest BCUT2D eigenvalue weighted by molar-refractivity contribution is -0.221. The van der Waals surface area contributed by atoms with Crippen molar-refractivity contribution in [3.05, 3.63) is 71.8 Å². The smallest absolute Gasteiger partial charge is 0.262 e. The van der Waals surface area contributed by atoms with E-state index in [1.807, 2.05) is 43.3 Å². The molecule has 0 aliphatic carbocycles. The Morgan fingerprint density at radius 2 is 1.68 bits per heavy atom. The number of β-lactam (4-membered cyclic amide) rings is 1. The van der Waals surface area contributed by atoms with Crippen LogP contribution >= 0.6 is 0 Å². The Balaban J connectivity index is 1.86. The molecule has 1 saturated heterocycles. The number of hydrogen-bond acceptors (Lipinski definition) is 4. The maximum atomic E-state index is 12.7. The van der Waals surface area contributed by atoms with Crippen LogP contribution in [-0.4, -0.2) is 35.8 Å². The van der Waals surface area contributed by atoms with E-state index in [2.05, 4.69) is 0 Å². The SMILES string of the molecule is CCOC(C)O[C@@H]1[C@H](c2ccccc2)C(=O)N1C(=O)c1ccccc1. The van der Waals surface area contributed by atoms with Crippen LogP contribution in [-0.2, 0) is 14.3 Å². The van der Waals surface area contributed by atoms with Crippen LogP contribution < -0.4 is 0 Å². The first kappa shape index (κ1) is 17.3. The molecule has 5 nitrogen and oxygen atoms in total. The van der Waals surface area contributed by atoms with Gasteiger partial charge in [-0.2, -0.15) is 0 Å². The van der Waals surface area contributed by atoms with Crippen molar-refractivity contribution < 1.29 is 19.1 Å². The minimum Gasteiger partial charge on any atom is -0.353 e. The summed E-state index contributed by atoms with van der Waals surface area (Å²) in [4.78, 5) is 26.6. The summed E-state index contributed by atoms with van der Waals surface area (Å²) >= 11 is 0. The molecule has 5 heteroatoms. The molecule has 130 valence electrons. The molecule has 1 fully saturated rings. The lowest BCUT2D eigenvalue weighted by Crippen LogP contribution is -2.63. The summed E-state index contributed by atoms with van der Waals surface area (Å²) in [6.45, 7) is 4.12. The van der Waals surface area contributed by atoms with Gasteiger partial charge < -0.3 is 9.47 Å². The van der Waals surface area contributed by atoms with Crippen LogP contribution in [0.25, 0.3) is 0 Å². The van der Waals surface area contributed by atoms with Gasteiger partial charge >= 0.3 is 0 Å². The number of hydrogen-bond donors (Lipinski definition) is 0. The highest BCUT2D eigenvalue weighted by molar-refractivity contribution is 6.10. The van der Waals surface area contributed by atoms with Gasteiger partial charge in [0.05, 0.1) is 0 Å². The van der Waals surface area contributed by atoms with Gasteiger partial charge in [-0.25, -0.2) is 4.90 Å². The number of amides is 2. The van der Waals surface area contributed by atoms with Crippen molar-refractivity contribution >= 4 is 11.8 Å². The van der Waals surface area contributed by atoms with E-state index in [-0.39, 0.29) is 11.8 Å². The van der Waals surface area contributed by atoms with Crippen molar-refractivity contribution in [3.8, 4) is 0 Å². The maximum absolute atomic E-state index is 12.7. The average Bonchev–Trinajstić information content (AvgIpc) is 2.63. The van der Waals surface area contributed by atoms with Gasteiger partial charge in [-0.15, -0.1) is 0 Å². The van der Waals surface area contributed by atoms with E-state index in [0.717, 1.165) is 5.56 Å². The Morgan fingerprint density at radius 3 is 2.28 bits per heavy atom. The van der Waals surface area contributed by atoms with Crippen molar-refractivity contribution in [2.75, 3.05) is 6.61 Å². The van der Waals surface area contributed by atoms with Gasteiger partial charge in [0, 0.05) is 12.2 Å². The van der Waals surface area contributed by atoms with E-state index in [9.17, 15) is 9.59 Å². The zero-order chi connectivity index (χ0) is 17.8. The first-order valence-corrected chi connectivity index (χ1v) is 8.38. The predicted molar refractivity (Wildman–Crippen MR) is 92.8 cm³/mol. The van der Waals surface area contributed by atoms with Crippen molar-refractivity contribution in [2.45, 2.75) is 32.3 Å². The van der Waals surface area contributed by atoms with E-state index in [1.165, 1.54) is 4.90 Å². The van der Waals surface area contributed by atoms with Gasteiger partial charge in [-0.05, 0) is 31.5 Å². The largest absolute Gasteiger partial charge is 0.353 e. The molecule has 0 radical (unpaired) electrons. The van der Waals surface area contributed by atoms with Crippen LogP contribution in [0.4, 0.5) is 0 Å². The van der Waals surface area contributed by atoms with E-state index >= 15 is 0 Å². The minimum atomic E-state index is -0.677. The summed E-state index contributed by atoms with van der Waals surface area (Å²) in [7, 11) is 0. The highest BCUT2D eigenvalue weighted by Gasteiger charge is 2.53. The van der Waals surface area contributed by atoms with Gasteiger partial charge in [0.25, 0.3) is 5.91 Å². The summed E-state index contributed by atoms with van der Waals surface area (Å²) in [5.74, 6) is -1.11. The third kappa shape index (κ3) is 3.48. The second-order valence-corrected chi connectivity index (χ2v) is 5.82. The average molecular weight is 339 g/mol. The molecule has 2 amide bonds. The quantitative estimate of drug-likeness (QED) is 0.461. The molecule has 0 saturated carbocycles. The van der Waals surface area contributed by atoms with Gasteiger partial charge in [-0.1, -0.05) is 48.5 Å². The fraction of sp³-hybridized carbons (Fsp3) is 0.300. The lowest BCUT2D eigenvalue weighted by Gasteiger charge is -2.46. The number of rotatable bonds is 6. The number of imide groups is 1. The molecule has 1 aliphatic heterocycles. The summed E-state index contributed by atoms with van der Waals surface area (Å²) in [5, 5.41) is 0. The standard InChI is InChI=1S/C20H21NO4/c1-3-24-14(2)25-20-17(15-10-6-4-7-11-15)19(23)21(20)18(22)16-12-8-5-9-13-16/h4-14,17,20H,3H2,1-2H3/t14?,17-,20-/m1/s1. The first-order valence-electron chi connectivity index (χ1n) is 8.38. The molecule has 0 N–H and O–H groups in total. The number of benzene rings is 2. The topological polar surface area (TPSA) is 55.8 Å². The van der Waals surface area contributed by atoms with Crippen LogP contribution in [0.1, 0.15) is 35.7 Å². The van der Waals surface area contributed by atoms with Crippen LogP contribution in [0.15, 0.2) is 60.7 Å². The molecule has 3 rings (SSSR count). The van der Waals surface area contributed by atoms with Crippen LogP contribution in [0.5, 0.6) is 0 Å². The number of likely N-dealkylation sites (tertiary alicyclic amines) is 1. The Hall–Kier alpha value is -2.50. The highest BCUT2D eigenvalue weighted by atomic mass is 16.7. The van der Waals surface area contributed by atoms with E-state index < -0.39 is 18.4 Å². The molecule has 0 bridgehead atoms.